The van der Waals surface area contributed by atoms with E-state index >= 15 is 0 Å². The molecule has 1 aliphatic rings. The van der Waals surface area contributed by atoms with Gasteiger partial charge < -0.3 is 10.1 Å². The maximum Gasteiger partial charge on any atom is 0.131 e. The van der Waals surface area contributed by atoms with E-state index in [4.69, 9.17) is 4.74 Å². The van der Waals surface area contributed by atoms with E-state index in [-0.39, 0.29) is 17.8 Å². The van der Waals surface area contributed by atoms with E-state index in [2.05, 4.69) is 72.5 Å². The van der Waals surface area contributed by atoms with Crippen LogP contribution in [0.3, 0.4) is 0 Å². The Labute approximate surface area is 144 Å². The molecule has 0 spiro atoms. The average Bonchev–Trinajstić information content (AvgIpc) is 2.57. The molecule has 0 radical (unpaired) electrons. The summed E-state index contributed by atoms with van der Waals surface area (Å²) in [6.07, 6.45) is 2.26. The smallest absolute Gasteiger partial charge is 0.131 e. The van der Waals surface area contributed by atoms with Crippen molar-refractivity contribution in [2.24, 2.45) is 0 Å². The van der Waals surface area contributed by atoms with Gasteiger partial charge in [-0.05, 0) is 49.2 Å². The molecule has 0 unspecified atom stereocenters. The van der Waals surface area contributed by atoms with Crippen molar-refractivity contribution < 1.29 is 4.74 Å². The molecule has 0 saturated carbocycles. The molecule has 0 atom stereocenters. The molecule has 2 nitrogen and oxygen atoms in total. The molecular formula is C18H22ClNOS. The zero-order valence-electron chi connectivity index (χ0n) is 12.5. The third-order valence-electron chi connectivity index (χ3n) is 4.42. The van der Waals surface area contributed by atoms with Crippen molar-refractivity contribution in [3.05, 3.63) is 65.7 Å². The van der Waals surface area contributed by atoms with Crippen molar-refractivity contribution in [2.75, 3.05) is 19.0 Å². The zero-order chi connectivity index (χ0) is 14.5. The highest BCUT2D eigenvalue weighted by Gasteiger charge is 2.35. The van der Waals surface area contributed by atoms with Gasteiger partial charge in [0.2, 0.25) is 0 Å². The fraction of sp³-hybridized carbons (Fsp3) is 0.333. The maximum absolute atomic E-state index is 5.44. The van der Waals surface area contributed by atoms with E-state index in [1.165, 1.54) is 11.1 Å². The number of ether oxygens (including phenoxy) is 1. The lowest BCUT2D eigenvalue weighted by atomic mass is 9.68. The monoisotopic (exact) mass is 335 g/mol. The quantitative estimate of drug-likeness (QED) is 0.650. The fourth-order valence-corrected chi connectivity index (χ4v) is 3.45. The Kier molecular flexibility index (Phi) is 6.18. The summed E-state index contributed by atoms with van der Waals surface area (Å²) in [5.74, 6) is 1.29. The standard InChI is InChI=1S/C18H21NOS.ClH/c21-14-20-17-8-6-16(7-9-17)18(10-12-19-13-11-18)15-4-2-1-3-5-15;/h1-9,19,21H,10-14H2;1H. The molecule has 0 amide bonds. The second-order valence-corrected chi connectivity index (χ2v) is 5.75. The Bertz CT molecular complexity index is 567. The summed E-state index contributed by atoms with van der Waals surface area (Å²) in [7, 11) is 0. The lowest BCUT2D eigenvalue weighted by Gasteiger charge is -2.39. The summed E-state index contributed by atoms with van der Waals surface area (Å²) in [4.78, 5) is 0. The lowest BCUT2D eigenvalue weighted by molar-refractivity contribution is 0.360. The molecule has 2 aromatic rings. The van der Waals surface area contributed by atoms with Crippen LogP contribution in [0.25, 0.3) is 0 Å². The molecule has 1 fully saturated rings. The SMILES string of the molecule is Cl.SCOc1ccc(C2(c3ccccc3)CCNCC2)cc1. The van der Waals surface area contributed by atoms with Crippen LogP contribution in [0.1, 0.15) is 24.0 Å². The van der Waals surface area contributed by atoms with Gasteiger partial charge in [0.25, 0.3) is 0 Å². The highest BCUT2D eigenvalue weighted by Crippen LogP contribution is 2.40. The third kappa shape index (κ3) is 3.43. The number of benzene rings is 2. The Balaban J connectivity index is 0.00000176. The van der Waals surface area contributed by atoms with Crippen LogP contribution in [0, 0.1) is 0 Å². The first-order valence-corrected chi connectivity index (χ1v) is 8.09. The fourth-order valence-electron chi connectivity index (χ4n) is 3.30. The summed E-state index contributed by atoms with van der Waals surface area (Å²) in [5, 5.41) is 3.48. The molecule has 1 heterocycles. The molecule has 2 aromatic carbocycles. The van der Waals surface area contributed by atoms with E-state index in [9.17, 15) is 0 Å². The van der Waals surface area contributed by atoms with E-state index in [1.807, 2.05) is 0 Å². The van der Waals surface area contributed by atoms with Gasteiger partial charge in [-0.15, -0.1) is 25.0 Å². The molecular weight excluding hydrogens is 314 g/mol. The van der Waals surface area contributed by atoms with Gasteiger partial charge in [0.05, 0.1) is 0 Å². The summed E-state index contributed by atoms with van der Waals surface area (Å²) in [6, 6.07) is 19.4. The highest BCUT2D eigenvalue weighted by molar-refractivity contribution is 7.80. The second kappa shape index (κ2) is 7.91. The minimum Gasteiger partial charge on any atom is -0.483 e. The Morgan fingerprint density at radius 3 is 2.09 bits per heavy atom. The highest BCUT2D eigenvalue weighted by atomic mass is 35.5. The third-order valence-corrected chi connectivity index (χ3v) is 4.55. The number of piperidine rings is 1. The summed E-state index contributed by atoms with van der Waals surface area (Å²) in [5.41, 5.74) is 2.91. The minimum absolute atomic E-state index is 0. The van der Waals surface area contributed by atoms with Crippen LogP contribution in [-0.4, -0.2) is 19.0 Å². The predicted octanol–water partition coefficient (Wildman–Crippen LogP) is 4.04. The topological polar surface area (TPSA) is 21.3 Å². The molecule has 1 saturated heterocycles. The van der Waals surface area contributed by atoms with Crippen molar-refractivity contribution in [1.82, 2.24) is 5.32 Å². The summed E-state index contributed by atoms with van der Waals surface area (Å²) < 4.78 is 5.44. The number of nitrogens with one attached hydrogen (secondary N) is 1. The van der Waals surface area contributed by atoms with Crippen LogP contribution in [0.2, 0.25) is 0 Å². The zero-order valence-corrected chi connectivity index (χ0v) is 14.2. The number of rotatable bonds is 4. The summed E-state index contributed by atoms with van der Waals surface area (Å²) in [6.45, 7) is 2.12. The molecule has 3 rings (SSSR count). The van der Waals surface area contributed by atoms with Crippen molar-refractivity contribution >= 4 is 25.0 Å². The van der Waals surface area contributed by atoms with E-state index < -0.39 is 0 Å². The molecule has 118 valence electrons. The largest absolute Gasteiger partial charge is 0.483 e. The first-order valence-electron chi connectivity index (χ1n) is 7.46. The van der Waals surface area contributed by atoms with E-state index in [1.54, 1.807) is 0 Å². The molecule has 1 aliphatic heterocycles. The van der Waals surface area contributed by atoms with Crippen LogP contribution < -0.4 is 10.1 Å². The second-order valence-electron chi connectivity index (χ2n) is 5.50. The number of hydrogen-bond acceptors (Lipinski definition) is 3. The van der Waals surface area contributed by atoms with E-state index in [0.717, 1.165) is 31.7 Å². The summed E-state index contributed by atoms with van der Waals surface area (Å²) >= 11 is 4.10. The number of halogens is 1. The van der Waals surface area contributed by atoms with Gasteiger partial charge in [-0.1, -0.05) is 42.5 Å². The van der Waals surface area contributed by atoms with Crippen LogP contribution in [0.4, 0.5) is 0 Å². The van der Waals surface area contributed by atoms with Gasteiger partial charge in [-0.3, -0.25) is 0 Å². The van der Waals surface area contributed by atoms with Gasteiger partial charge in [-0.2, -0.15) is 0 Å². The normalized spacial score (nSPS) is 16.6. The van der Waals surface area contributed by atoms with Gasteiger partial charge >= 0.3 is 0 Å². The minimum atomic E-state index is 0. The lowest BCUT2D eigenvalue weighted by Crippen LogP contribution is -2.40. The van der Waals surface area contributed by atoms with E-state index in [0.29, 0.717) is 5.94 Å². The Morgan fingerprint density at radius 1 is 0.909 bits per heavy atom. The Hall–Kier alpha value is -1.16. The average molecular weight is 336 g/mol. The van der Waals surface area contributed by atoms with Gasteiger partial charge in [0.1, 0.15) is 11.7 Å². The van der Waals surface area contributed by atoms with Crippen molar-refractivity contribution in [3.8, 4) is 5.75 Å². The molecule has 0 aliphatic carbocycles. The van der Waals surface area contributed by atoms with Crippen LogP contribution in [0.15, 0.2) is 54.6 Å². The van der Waals surface area contributed by atoms with Crippen LogP contribution >= 0.6 is 25.0 Å². The van der Waals surface area contributed by atoms with Gasteiger partial charge in [0, 0.05) is 5.41 Å². The van der Waals surface area contributed by atoms with Crippen LogP contribution in [-0.2, 0) is 5.41 Å². The molecule has 4 heteroatoms. The molecule has 1 N–H and O–H groups in total. The number of hydrogen-bond donors (Lipinski definition) is 2. The first-order chi connectivity index (χ1) is 10.3. The van der Waals surface area contributed by atoms with Crippen LogP contribution in [0.5, 0.6) is 5.75 Å². The van der Waals surface area contributed by atoms with Crippen molar-refractivity contribution in [3.63, 3.8) is 0 Å². The van der Waals surface area contributed by atoms with Gasteiger partial charge in [-0.25, -0.2) is 0 Å². The molecule has 0 bridgehead atoms. The molecule has 0 aromatic heterocycles. The first kappa shape index (κ1) is 17.2. The molecule has 22 heavy (non-hydrogen) atoms. The predicted molar refractivity (Wildman–Crippen MR) is 97.5 cm³/mol. The number of thiol groups is 1. The van der Waals surface area contributed by atoms with Gasteiger partial charge in [0.15, 0.2) is 0 Å². The Morgan fingerprint density at radius 2 is 1.50 bits per heavy atom. The maximum atomic E-state index is 5.44. The van der Waals surface area contributed by atoms with Crippen molar-refractivity contribution in [2.45, 2.75) is 18.3 Å². The van der Waals surface area contributed by atoms with Crippen molar-refractivity contribution in [1.29, 1.82) is 0 Å².